The van der Waals surface area contributed by atoms with Crippen molar-refractivity contribution in [1.29, 1.82) is 0 Å². The highest BCUT2D eigenvalue weighted by Gasteiger charge is 2.45. The summed E-state index contributed by atoms with van der Waals surface area (Å²) in [6.45, 7) is -0.371. The van der Waals surface area contributed by atoms with Crippen molar-refractivity contribution in [2.45, 2.75) is 31.1 Å². The lowest BCUT2D eigenvalue weighted by molar-refractivity contribution is -0.0545. The summed E-state index contributed by atoms with van der Waals surface area (Å²) in [5.74, 6) is -0.153. The van der Waals surface area contributed by atoms with E-state index in [0.29, 0.717) is 0 Å². The first-order valence-corrected chi connectivity index (χ1v) is 8.56. The van der Waals surface area contributed by atoms with E-state index in [1.165, 1.54) is 4.57 Å². The van der Waals surface area contributed by atoms with Crippen molar-refractivity contribution in [2.24, 2.45) is 0 Å². The lowest BCUT2D eigenvalue weighted by Gasteiger charge is -2.19. The zero-order chi connectivity index (χ0) is 19.8. The minimum atomic E-state index is -1.41. The highest BCUT2D eigenvalue weighted by molar-refractivity contribution is 5.72. The van der Waals surface area contributed by atoms with Crippen molar-refractivity contribution in [3.05, 3.63) is 46.2 Å². The van der Waals surface area contributed by atoms with Crippen molar-refractivity contribution in [3.8, 4) is 6.01 Å². The Morgan fingerprint density at radius 1 is 1.21 bits per heavy atom. The summed E-state index contributed by atoms with van der Waals surface area (Å²) < 4.78 is 12.6. The molecule has 0 bridgehead atoms. The van der Waals surface area contributed by atoms with Crippen LogP contribution in [-0.4, -0.2) is 59.8 Å². The fourth-order valence-electron chi connectivity index (χ4n) is 3.13. The molecule has 4 rings (SSSR count). The van der Waals surface area contributed by atoms with Gasteiger partial charge in [-0.05, 0) is 5.56 Å². The number of aromatic nitrogens is 4. The molecule has 0 radical (unpaired) electrons. The molecule has 1 aromatic carbocycles. The number of aromatic amines is 1. The van der Waals surface area contributed by atoms with Crippen LogP contribution in [-0.2, 0) is 11.3 Å². The molecule has 0 saturated carbocycles. The van der Waals surface area contributed by atoms with Crippen LogP contribution in [0.1, 0.15) is 11.8 Å². The Bertz CT molecular complexity index is 1040. The Labute approximate surface area is 158 Å². The zero-order valence-electron chi connectivity index (χ0n) is 14.6. The van der Waals surface area contributed by atoms with Gasteiger partial charge in [0.15, 0.2) is 17.4 Å². The first-order chi connectivity index (χ1) is 13.5. The third kappa shape index (κ3) is 3.10. The maximum absolute atomic E-state index is 12.2. The molecule has 0 unspecified atom stereocenters. The van der Waals surface area contributed by atoms with E-state index in [0.717, 1.165) is 5.56 Å². The minimum Gasteiger partial charge on any atom is -0.460 e. The first kappa shape index (κ1) is 18.4. The number of rotatable bonds is 5. The Morgan fingerprint density at radius 3 is 2.64 bits per heavy atom. The Morgan fingerprint density at radius 2 is 1.96 bits per heavy atom. The fraction of sp³-hybridized carbons (Fsp3) is 0.353. The number of fused-ring (bicyclic) bond motifs is 1. The summed E-state index contributed by atoms with van der Waals surface area (Å²) in [5, 5.41) is 29.8. The van der Waals surface area contributed by atoms with Crippen LogP contribution in [0.5, 0.6) is 6.01 Å². The number of nitrogens with two attached hydrogens (primary N) is 1. The molecule has 3 aromatic rings. The van der Waals surface area contributed by atoms with Gasteiger partial charge in [-0.25, -0.2) is 4.57 Å². The number of imidazole rings is 1. The molecule has 3 heterocycles. The standard InChI is InChI=1S/C17H19N5O6/c18-16-20-13-10(14(26)21-16)19-17(27-7-8-4-2-1-3-5-8)22(13)15-12(25)11(24)9(6-23)28-15/h1-5,9,11-12,15,23-25H,6-7H2,(H3,18,20,21,26)/t9-,11+,12-,15-/m0/s1. The number of benzene rings is 1. The molecule has 28 heavy (non-hydrogen) atoms. The van der Waals surface area contributed by atoms with E-state index < -0.39 is 36.7 Å². The number of anilines is 1. The Kier molecular flexibility index (Phi) is 4.73. The van der Waals surface area contributed by atoms with Crippen molar-refractivity contribution in [3.63, 3.8) is 0 Å². The maximum atomic E-state index is 12.2. The van der Waals surface area contributed by atoms with E-state index in [9.17, 15) is 20.1 Å². The van der Waals surface area contributed by atoms with E-state index in [2.05, 4.69) is 15.0 Å². The molecule has 0 amide bonds. The van der Waals surface area contributed by atoms with Crippen LogP contribution in [0.25, 0.3) is 11.2 Å². The average Bonchev–Trinajstić information content (AvgIpc) is 3.18. The number of aliphatic hydroxyl groups is 3. The molecular formula is C17H19N5O6. The Balaban J connectivity index is 1.79. The third-order valence-corrected chi connectivity index (χ3v) is 4.52. The topological polar surface area (TPSA) is 169 Å². The number of nitrogens with zero attached hydrogens (tertiary/aromatic N) is 3. The van der Waals surface area contributed by atoms with Gasteiger partial charge in [0.05, 0.1) is 6.61 Å². The predicted octanol–water partition coefficient (Wildman–Crippen LogP) is -1.11. The molecule has 11 heteroatoms. The van der Waals surface area contributed by atoms with E-state index in [-0.39, 0.29) is 29.7 Å². The molecular weight excluding hydrogens is 370 g/mol. The molecule has 1 aliphatic heterocycles. The second-order valence-corrected chi connectivity index (χ2v) is 6.39. The van der Waals surface area contributed by atoms with E-state index in [4.69, 9.17) is 15.2 Å². The monoisotopic (exact) mass is 389 g/mol. The first-order valence-electron chi connectivity index (χ1n) is 8.56. The van der Waals surface area contributed by atoms with Crippen molar-refractivity contribution in [1.82, 2.24) is 19.5 Å². The van der Waals surface area contributed by atoms with Crippen LogP contribution in [0.2, 0.25) is 0 Å². The second kappa shape index (κ2) is 7.20. The van der Waals surface area contributed by atoms with Crippen molar-refractivity contribution >= 4 is 17.1 Å². The van der Waals surface area contributed by atoms with Gasteiger partial charge in [0, 0.05) is 0 Å². The van der Waals surface area contributed by atoms with Gasteiger partial charge in [-0.15, -0.1) is 0 Å². The molecule has 4 atom stereocenters. The number of ether oxygens (including phenoxy) is 2. The van der Waals surface area contributed by atoms with Gasteiger partial charge in [0.1, 0.15) is 24.9 Å². The third-order valence-electron chi connectivity index (χ3n) is 4.52. The molecule has 1 saturated heterocycles. The summed E-state index contributed by atoms with van der Waals surface area (Å²) in [6.07, 6.45) is -4.94. The van der Waals surface area contributed by atoms with Gasteiger partial charge in [0.25, 0.3) is 5.56 Å². The fourth-order valence-corrected chi connectivity index (χ4v) is 3.13. The number of H-pyrrole nitrogens is 1. The van der Waals surface area contributed by atoms with Crippen LogP contribution in [0.3, 0.4) is 0 Å². The van der Waals surface area contributed by atoms with Gasteiger partial charge in [-0.2, -0.15) is 9.97 Å². The normalized spacial score (nSPS) is 24.7. The summed E-state index contributed by atoms with van der Waals surface area (Å²) in [7, 11) is 0. The molecule has 11 nitrogen and oxygen atoms in total. The molecule has 6 N–H and O–H groups in total. The van der Waals surface area contributed by atoms with Crippen LogP contribution in [0, 0.1) is 0 Å². The van der Waals surface area contributed by atoms with E-state index in [1.807, 2.05) is 30.3 Å². The number of aliphatic hydroxyl groups excluding tert-OH is 3. The van der Waals surface area contributed by atoms with Gasteiger partial charge in [-0.1, -0.05) is 30.3 Å². The molecule has 0 aliphatic carbocycles. The van der Waals surface area contributed by atoms with E-state index in [1.54, 1.807) is 0 Å². The van der Waals surface area contributed by atoms with E-state index >= 15 is 0 Å². The van der Waals surface area contributed by atoms with Crippen molar-refractivity contribution < 1.29 is 24.8 Å². The molecule has 1 fully saturated rings. The summed E-state index contributed by atoms with van der Waals surface area (Å²) in [4.78, 5) is 22.8. The Hall–Kier alpha value is -2.99. The van der Waals surface area contributed by atoms with Crippen LogP contribution < -0.4 is 16.0 Å². The lowest BCUT2D eigenvalue weighted by Crippen LogP contribution is -2.33. The average molecular weight is 389 g/mol. The number of nitrogens with one attached hydrogen (secondary N) is 1. The summed E-state index contributed by atoms with van der Waals surface area (Å²) >= 11 is 0. The minimum absolute atomic E-state index is 0.0270. The lowest BCUT2D eigenvalue weighted by atomic mass is 10.1. The molecule has 148 valence electrons. The van der Waals surface area contributed by atoms with Crippen molar-refractivity contribution in [2.75, 3.05) is 12.3 Å². The summed E-state index contributed by atoms with van der Waals surface area (Å²) in [6, 6.07) is 9.22. The highest BCUT2D eigenvalue weighted by Crippen LogP contribution is 2.34. The SMILES string of the molecule is Nc1nc2c(nc(OCc3ccccc3)n2[C@H]2O[C@@H](CO)[C@@H](O)[C@@H]2O)c(=O)[nH]1. The smallest absolute Gasteiger partial charge is 0.301 e. The maximum Gasteiger partial charge on any atom is 0.301 e. The second-order valence-electron chi connectivity index (χ2n) is 6.39. The number of hydrogen-bond acceptors (Lipinski definition) is 9. The van der Waals surface area contributed by atoms with Gasteiger partial charge < -0.3 is 30.5 Å². The van der Waals surface area contributed by atoms with Crippen LogP contribution >= 0.6 is 0 Å². The predicted molar refractivity (Wildman–Crippen MR) is 96.3 cm³/mol. The van der Waals surface area contributed by atoms with Gasteiger partial charge in [-0.3, -0.25) is 9.78 Å². The molecule has 1 aliphatic rings. The zero-order valence-corrected chi connectivity index (χ0v) is 14.6. The van der Waals surface area contributed by atoms with Crippen LogP contribution in [0.15, 0.2) is 35.1 Å². The van der Waals surface area contributed by atoms with Gasteiger partial charge >= 0.3 is 6.01 Å². The van der Waals surface area contributed by atoms with Crippen LogP contribution in [0.4, 0.5) is 5.95 Å². The quantitative estimate of drug-likeness (QED) is 0.363. The molecule has 0 spiro atoms. The number of nitrogen functional groups attached to an aromatic ring is 1. The number of hydrogen-bond donors (Lipinski definition) is 5. The highest BCUT2D eigenvalue weighted by atomic mass is 16.6. The largest absolute Gasteiger partial charge is 0.460 e. The van der Waals surface area contributed by atoms with Gasteiger partial charge in [0.2, 0.25) is 5.95 Å². The summed E-state index contributed by atoms with van der Waals surface area (Å²) in [5.41, 5.74) is 5.87. The molecule has 2 aromatic heterocycles.